The first kappa shape index (κ1) is 13.5. The van der Waals surface area contributed by atoms with Crippen molar-refractivity contribution in [3.05, 3.63) is 11.1 Å². The Labute approximate surface area is 103 Å². The van der Waals surface area contributed by atoms with Crippen LogP contribution >= 0.6 is 11.3 Å². The molecular weight excluding hydrogens is 218 g/mol. The molecule has 1 heterocycles. The SMILES string of the molecule is CCCCN(Cc1cnc(N)s1)C(C)CC. The van der Waals surface area contributed by atoms with Crippen LogP contribution in [0.4, 0.5) is 5.13 Å². The number of rotatable bonds is 7. The van der Waals surface area contributed by atoms with Crippen molar-refractivity contribution in [2.24, 2.45) is 0 Å². The van der Waals surface area contributed by atoms with E-state index in [1.807, 2.05) is 6.20 Å². The second kappa shape index (κ2) is 6.86. The lowest BCUT2D eigenvalue weighted by Crippen LogP contribution is -2.32. The summed E-state index contributed by atoms with van der Waals surface area (Å²) in [5, 5.41) is 0.676. The average molecular weight is 241 g/mol. The zero-order chi connectivity index (χ0) is 12.0. The van der Waals surface area contributed by atoms with E-state index in [4.69, 9.17) is 5.73 Å². The predicted octanol–water partition coefficient (Wildman–Crippen LogP) is 3.13. The molecule has 4 heteroatoms. The van der Waals surface area contributed by atoms with Gasteiger partial charge < -0.3 is 5.73 Å². The van der Waals surface area contributed by atoms with Crippen LogP contribution in [0.1, 0.15) is 44.9 Å². The van der Waals surface area contributed by atoms with Gasteiger partial charge in [0.2, 0.25) is 0 Å². The quantitative estimate of drug-likeness (QED) is 0.797. The number of aromatic nitrogens is 1. The summed E-state index contributed by atoms with van der Waals surface area (Å²) in [4.78, 5) is 7.90. The number of unbranched alkanes of at least 4 members (excludes halogenated alkanes) is 1. The Morgan fingerprint density at radius 1 is 1.50 bits per heavy atom. The van der Waals surface area contributed by atoms with E-state index in [1.165, 1.54) is 30.7 Å². The van der Waals surface area contributed by atoms with Crippen LogP contribution in [0.25, 0.3) is 0 Å². The molecule has 0 saturated carbocycles. The van der Waals surface area contributed by atoms with E-state index in [1.54, 1.807) is 11.3 Å². The predicted molar refractivity (Wildman–Crippen MR) is 71.6 cm³/mol. The van der Waals surface area contributed by atoms with Crippen LogP contribution in [0.15, 0.2) is 6.20 Å². The van der Waals surface area contributed by atoms with Gasteiger partial charge in [-0.3, -0.25) is 4.90 Å². The molecule has 16 heavy (non-hydrogen) atoms. The van der Waals surface area contributed by atoms with Crippen LogP contribution in [0, 0.1) is 0 Å². The number of anilines is 1. The summed E-state index contributed by atoms with van der Waals surface area (Å²) < 4.78 is 0. The molecule has 3 nitrogen and oxygen atoms in total. The van der Waals surface area contributed by atoms with Gasteiger partial charge in [-0.15, -0.1) is 11.3 Å². The van der Waals surface area contributed by atoms with Gasteiger partial charge in [-0.25, -0.2) is 4.98 Å². The fourth-order valence-electron chi connectivity index (χ4n) is 1.67. The Bertz CT molecular complexity index is 298. The third-order valence-corrected chi connectivity index (χ3v) is 3.75. The standard InChI is InChI=1S/C12H23N3S/c1-4-6-7-15(10(3)5-2)9-11-8-14-12(13)16-11/h8,10H,4-7,9H2,1-3H3,(H2,13,14). The van der Waals surface area contributed by atoms with Crippen molar-refractivity contribution in [3.63, 3.8) is 0 Å². The Balaban J connectivity index is 2.55. The Morgan fingerprint density at radius 3 is 2.75 bits per heavy atom. The minimum Gasteiger partial charge on any atom is -0.375 e. The van der Waals surface area contributed by atoms with Crippen molar-refractivity contribution in [2.45, 2.75) is 52.6 Å². The van der Waals surface area contributed by atoms with Gasteiger partial charge in [0.1, 0.15) is 0 Å². The highest BCUT2D eigenvalue weighted by molar-refractivity contribution is 7.15. The van der Waals surface area contributed by atoms with Crippen molar-refractivity contribution in [3.8, 4) is 0 Å². The lowest BCUT2D eigenvalue weighted by atomic mass is 10.2. The van der Waals surface area contributed by atoms with Crippen molar-refractivity contribution < 1.29 is 0 Å². The van der Waals surface area contributed by atoms with Gasteiger partial charge in [-0.2, -0.15) is 0 Å². The highest BCUT2D eigenvalue weighted by atomic mass is 32.1. The molecule has 92 valence electrons. The Morgan fingerprint density at radius 2 is 2.25 bits per heavy atom. The second-order valence-electron chi connectivity index (χ2n) is 4.25. The molecule has 1 atom stereocenters. The number of nitrogen functional groups attached to an aromatic ring is 1. The average Bonchev–Trinajstić information content (AvgIpc) is 2.69. The maximum Gasteiger partial charge on any atom is 0.180 e. The highest BCUT2D eigenvalue weighted by Gasteiger charge is 2.13. The second-order valence-corrected chi connectivity index (χ2v) is 5.39. The number of thiazole rings is 1. The molecule has 0 radical (unpaired) electrons. The van der Waals surface area contributed by atoms with E-state index in [9.17, 15) is 0 Å². The van der Waals surface area contributed by atoms with Crippen LogP contribution in [0.3, 0.4) is 0 Å². The lowest BCUT2D eigenvalue weighted by molar-refractivity contribution is 0.194. The highest BCUT2D eigenvalue weighted by Crippen LogP contribution is 2.18. The van der Waals surface area contributed by atoms with E-state index < -0.39 is 0 Å². The molecule has 2 N–H and O–H groups in total. The molecule has 1 rings (SSSR count). The molecule has 0 spiro atoms. The zero-order valence-electron chi connectivity index (χ0n) is 10.6. The van der Waals surface area contributed by atoms with Crippen molar-refractivity contribution >= 4 is 16.5 Å². The largest absolute Gasteiger partial charge is 0.375 e. The maximum atomic E-state index is 5.65. The lowest BCUT2D eigenvalue weighted by Gasteiger charge is -2.27. The third kappa shape index (κ3) is 4.10. The van der Waals surface area contributed by atoms with E-state index >= 15 is 0 Å². The monoisotopic (exact) mass is 241 g/mol. The minimum atomic E-state index is 0.634. The van der Waals surface area contributed by atoms with E-state index in [0.29, 0.717) is 11.2 Å². The van der Waals surface area contributed by atoms with Crippen molar-refractivity contribution in [1.82, 2.24) is 9.88 Å². The molecule has 1 aromatic heterocycles. The first-order valence-corrected chi connectivity index (χ1v) is 6.93. The van der Waals surface area contributed by atoms with Crippen molar-refractivity contribution in [2.75, 3.05) is 12.3 Å². The number of hydrogen-bond donors (Lipinski definition) is 1. The van der Waals surface area contributed by atoms with Gasteiger partial charge in [0.25, 0.3) is 0 Å². The van der Waals surface area contributed by atoms with Crippen LogP contribution in [-0.2, 0) is 6.54 Å². The van der Waals surface area contributed by atoms with Crippen molar-refractivity contribution in [1.29, 1.82) is 0 Å². The van der Waals surface area contributed by atoms with Crippen LogP contribution in [0.2, 0.25) is 0 Å². The molecular formula is C12H23N3S. The molecule has 0 aliphatic carbocycles. The summed E-state index contributed by atoms with van der Waals surface area (Å²) in [6.07, 6.45) is 5.61. The van der Waals surface area contributed by atoms with Gasteiger partial charge >= 0.3 is 0 Å². The van der Waals surface area contributed by atoms with Crippen LogP contribution < -0.4 is 5.73 Å². The van der Waals surface area contributed by atoms with Crippen LogP contribution in [-0.4, -0.2) is 22.5 Å². The van der Waals surface area contributed by atoms with Gasteiger partial charge in [-0.05, 0) is 26.3 Å². The van der Waals surface area contributed by atoms with E-state index in [2.05, 4.69) is 30.7 Å². The molecule has 0 amide bonds. The van der Waals surface area contributed by atoms with Gasteiger partial charge in [0.05, 0.1) is 0 Å². The maximum absolute atomic E-state index is 5.65. The normalized spacial score (nSPS) is 13.2. The first-order valence-electron chi connectivity index (χ1n) is 6.11. The topological polar surface area (TPSA) is 42.2 Å². The summed E-state index contributed by atoms with van der Waals surface area (Å²) in [6.45, 7) is 8.93. The number of hydrogen-bond acceptors (Lipinski definition) is 4. The molecule has 0 aromatic carbocycles. The smallest absolute Gasteiger partial charge is 0.180 e. The summed E-state index contributed by atoms with van der Waals surface area (Å²) in [7, 11) is 0. The summed E-state index contributed by atoms with van der Waals surface area (Å²) in [5.41, 5.74) is 5.65. The molecule has 0 saturated heterocycles. The molecule has 0 aliphatic heterocycles. The molecule has 1 aromatic rings. The van der Waals surface area contributed by atoms with E-state index in [0.717, 1.165) is 6.54 Å². The van der Waals surface area contributed by atoms with E-state index in [-0.39, 0.29) is 0 Å². The number of nitrogens with two attached hydrogens (primary N) is 1. The molecule has 0 aliphatic rings. The minimum absolute atomic E-state index is 0.634. The third-order valence-electron chi connectivity index (χ3n) is 2.94. The molecule has 0 bridgehead atoms. The van der Waals surface area contributed by atoms with Gasteiger partial charge in [0.15, 0.2) is 5.13 Å². The fourth-order valence-corrected chi connectivity index (χ4v) is 2.38. The van der Waals surface area contributed by atoms with Gasteiger partial charge in [-0.1, -0.05) is 20.3 Å². The molecule has 1 unspecified atom stereocenters. The number of nitrogens with zero attached hydrogens (tertiary/aromatic N) is 2. The Hall–Kier alpha value is -0.610. The zero-order valence-corrected chi connectivity index (χ0v) is 11.4. The summed E-state index contributed by atoms with van der Waals surface area (Å²) in [6, 6.07) is 0.634. The summed E-state index contributed by atoms with van der Waals surface area (Å²) >= 11 is 1.60. The Kier molecular flexibility index (Phi) is 5.77. The first-order chi connectivity index (χ1) is 7.67. The molecule has 0 fully saturated rings. The van der Waals surface area contributed by atoms with Gasteiger partial charge in [0, 0.05) is 23.7 Å². The summed E-state index contributed by atoms with van der Waals surface area (Å²) in [5.74, 6) is 0. The fraction of sp³-hybridized carbons (Fsp3) is 0.750. The van der Waals surface area contributed by atoms with Crippen LogP contribution in [0.5, 0.6) is 0 Å².